The molecule has 6 nitrogen and oxygen atoms in total. The van der Waals surface area contributed by atoms with Crippen molar-refractivity contribution in [1.82, 2.24) is 4.72 Å². The van der Waals surface area contributed by atoms with Crippen LogP contribution in [0.4, 0.5) is 0 Å². The van der Waals surface area contributed by atoms with Gasteiger partial charge in [0.15, 0.2) is 5.25 Å². The number of aliphatic carboxylic acids is 1. The number of carbonyl (C=O) groups is 1. The van der Waals surface area contributed by atoms with E-state index in [1.165, 1.54) is 0 Å². The summed E-state index contributed by atoms with van der Waals surface area (Å²) in [5.41, 5.74) is 4.84. The lowest BCUT2D eigenvalue weighted by Gasteiger charge is -2.29. The lowest BCUT2D eigenvalue weighted by atomic mass is 9.98. The first-order chi connectivity index (χ1) is 7.23. The zero-order chi connectivity index (χ0) is 12.6. The Labute approximate surface area is 95.3 Å². The number of hydrogen-bond donors (Lipinski definition) is 3. The van der Waals surface area contributed by atoms with Gasteiger partial charge in [-0.25, -0.2) is 13.1 Å². The summed E-state index contributed by atoms with van der Waals surface area (Å²) < 4.78 is 25.9. The maximum Gasteiger partial charge on any atom is 0.323 e. The number of carboxylic acid groups (broad SMARTS) is 1. The molecule has 16 heavy (non-hydrogen) atoms. The Morgan fingerprint density at radius 1 is 1.62 bits per heavy atom. The molecule has 0 aromatic heterocycles. The molecule has 1 saturated carbocycles. The van der Waals surface area contributed by atoms with E-state index < -0.39 is 26.8 Å². The van der Waals surface area contributed by atoms with E-state index >= 15 is 0 Å². The Hall–Kier alpha value is -0.660. The van der Waals surface area contributed by atoms with E-state index in [0.717, 1.165) is 19.8 Å². The van der Waals surface area contributed by atoms with Gasteiger partial charge in [0, 0.05) is 12.1 Å². The summed E-state index contributed by atoms with van der Waals surface area (Å²) in [5, 5.41) is 7.23. The molecule has 0 saturated heterocycles. The molecule has 0 heterocycles. The molecule has 1 aliphatic carbocycles. The van der Waals surface area contributed by atoms with Gasteiger partial charge in [0.05, 0.1) is 0 Å². The smallest absolute Gasteiger partial charge is 0.323 e. The second-order valence-electron chi connectivity index (χ2n) is 4.52. The lowest BCUT2D eigenvalue weighted by Crippen LogP contribution is -2.55. The predicted molar refractivity (Wildman–Crippen MR) is 59.3 cm³/mol. The van der Waals surface area contributed by atoms with E-state index in [0.29, 0.717) is 0 Å². The predicted octanol–water partition coefficient (Wildman–Crippen LogP) is -0.494. The van der Waals surface area contributed by atoms with Crippen LogP contribution in [-0.4, -0.2) is 36.8 Å². The molecule has 2 unspecified atom stereocenters. The van der Waals surface area contributed by atoms with Crippen LogP contribution in [-0.2, 0) is 14.8 Å². The summed E-state index contributed by atoms with van der Waals surface area (Å²) >= 11 is 0. The van der Waals surface area contributed by atoms with Gasteiger partial charge in [0.2, 0.25) is 10.0 Å². The molecular formula is C9H18N2O4S. The third-order valence-electron chi connectivity index (χ3n) is 3.09. The molecule has 0 radical (unpaired) electrons. The molecule has 0 aromatic rings. The highest BCUT2D eigenvalue weighted by atomic mass is 32.2. The molecule has 0 amide bonds. The van der Waals surface area contributed by atoms with Gasteiger partial charge < -0.3 is 10.8 Å². The molecule has 1 rings (SSSR count). The Balaban J connectivity index is 2.82. The maximum atomic E-state index is 11.7. The monoisotopic (exact) mass is 250 g/mol. The maximum absolute atomic E-state index is 11.7. The summed E-state index contributed by atoms with van der Waals surface area (Å²) in [4.78, 5) is 10.7. The van der Waals surface area contributed by atoms with Crippen molar-refractivity contribution in [2.75, 3.05) is 6.54 Å². The van der Waals surface area contributed by atoms with Gasteiger partial charge in [-0.1, -0.05) is 0 Å². The average Bonchev–Trinajstić information content (AvgIpc) is 2.98. The zero-order valence-electron chi connectivity index (χ0n) is 9.43. The normalized spacial score (nSPS) is 22.4. The van der Waals surface area contributed by atoms with E-state index in [2.05, 4.69) is 4.72 Å². The molecular weight excluding hydrogens is 232 g/mol. The summed E-state index contributed by atoms with van der Waals surface area (Å²) in [5.74, 6) is -1.14. The summed E-state index contributed by atoms with van der Waals surface area (Å²) in [6.45, 7) is 3.04. The van der Waals surface area contributed by atoms with Crippen LogP contribution in [0.1, 0.15) is 26.7 Å². The zero-order valence-corrected chi connectivity index (χ0v) is 10.3. The van der Waals surface area contributed by atoms with Gasteiger partial charge in [0.1, 0.15) is 0 Å². The van der Waals surface area contributed by atoms with Crippen LogP contribution >= 0.6 is 0 Å². The molecule has 1 fully saturated rings. The first-order valence-electron chi connectivity index (χ1n) is 5.18. The number of nitrogens with one attached hydrogen (secondary N) is 1. The molecule has 1 aliphatic rings. The second-order valence-corrected chi connectivity index (χ2v) is 6.52. The van der Waals surface area contributed by atoms with Crippen LogP contribution in [0.25, 0.3) is 0 Å². The Kier molecular flexibility index (Phi) is 3.61. The number of carboxylic acids is 1. The molecule has 0 bridgehead atoms. The standard InChI is InChI=1S/C9H18N2O4S/c1-6(8(12)13)16(14,15)11-9(2,5-10)7-3-4-7/h6-7,11H,3-5,10H2,1-2H3,(H,12,13). The van der Waals surface area contributed by atoms with E-state index in [-0.39, 0.29) is 12.5 Å². The highest BCUT2D eigenvalue weighted by Crippen LogP contribution is 2.39. The van der Waals surface area contributed by atoms with Crippen molar-refractivity contribution in [3.63, 3.8) is 0 Å². The van der Waals surface area contributed by atoms with Crippen LogP contribution in [0, 0.1) is 5.92 Å². The summed E-state index contributed by atoms with van der Waals surface area (Å²) in [6, 6.07) is 0. The van der Waals surface area contributed by atoms with Crippen molar-refractivity contribution in [3.05, 3.63) is 0 Å². The summed E-state index contributed by atoms with van der Waals surface area (Å²) in [6.07, 6.45) is 1.86. The van der Waals surface area contributed by atoms with E-state index in [4.69, 9.17) is 10.8 Å². The third-order valence-corrected chi connectivity index (χ3v) is 4.97. The average molecular weight is 250 g/mol. The molecule has 7 heteroatoms. The minimum atomic E-state index is -3.86. The SMILES string of the molecule is CC(C(=O)O)S(=O)(=O)NC(C)(CN)C1CC1. The van der Waals surface area contributed by atoms with Gasteiger partial charge in [-0.3, -0.25) is 4.79 Å². The lowest BCUT2D eigenvalue weighted by molar-refractivity contribution is -0.136. The second kappa shape index (κ2) is 4.31. The minimum absolute atomic E-state index is 0.170. The molecule has 4 N–H and O–H groups in total. The van der Waals surface area contributed by atoms with Crippen LogP contribution in [0.15, 0.2) is 0 Å². The Bertz CT molecular complexity index is 377. The minimum Gasteiger partial charge on any atom is -0.480 e. The molecule has 0 aliphatic heterocycles. The first-order valence-corrected chi connectivity index (χ1v) is 6.73. The van der Waals surface area contributed by atoms with Crippen LogP contribution < -0.4 is 10.5 Å². The van der Waals surface area contributed by atoms with Crippen LogP contribution in [0.3, 0.4) is 0 Å². The highest BCUT2D eigenvalue weighted by molar-refractivity contribution is 7.90. The van der Waals surface area contributed by atoms with Crippen LogP contribution in [0.5, 0.6) is 0 Å². The van der Waals surface area contributed by atoms with E-state index in [9.17, 15) is 13.2 Å². The van der Waals surface area contributed by atoms with E-state index in [1.807, 2.05) is 0 Å². The van der Waals surface area contributed by atoms with E-state index in [1.54, 1.807) is 6.92 Å². The molecule has 0 spiro atoms. The fourth-order valence-electron chi connectivity index (χ4n) is 1.56. The van der Waals surface area contributed by atoms with Gasteiger partial charge in [-0.15, -0.1) is 0 Å². The van der Waals surface area contributed by atoms with Crippen molar-refractivity contribution < 1.29 is 18.3 Å². The van der Waals surface area contributed by atoms with Gasteiger partial charge in [0.25, 0.3) is 0 Å². The first kappa shape index (κ1) is 13.4. The largest absolute Gasteiger partial charge is 0.480 e. The topological polar surface area (TPSA) is 109 Å². The molecule has 94 valence electrons. The Morgan fingerprint density at radius 3 is 2.44 bits per heavy atom. The fraction of sp³-hybridized carbons (Fsp3) is 0.889. The quantitative estimate of drug-likeness (QED) is 0.589. The number of rotatable bonds is 6. The number of nitrogens with two attached hydrogens (primary N) is 1. The van der Waals surface area contributed by atoms with Crippen molar-refractivity contribution >= 4 is 16.0 Å². The van der Waals surface area contributed by atoms with Gasteiger partial charge >= 0.3 is 5.97 Å². The molecule has 2 atom stereocenters. The van der Waals surface area contributed by atoms with Crippen molar-refractivity contribution in [2.24, 2.45) is 11.7 Å². The number of hydrogen-bond acceptors (Lipinski definition) is 4. The summed E-state index contributed by atoms with van der Waals surface area (Å²) in [7, 11) is -3.86. The van der Waals surface area contributed by atoms with Gasteiger partial charge in [-0.05, 0) is 32.6 Å². The Morgan fingerprint density at radius 2 is 2.12 bits per heavy atom. The van der Waals surface area contributed by atoms with Crippen molar-refractivity contribution in [1.29, 1.82) is 0 Å². The molecule has 0 aromatic carbocycles. The highest BCUT2D eigenvalue weighted by Gasteiger charge is 2.44. The third kappa shape index (κ3) is 2.72. The van der Waals surface area contributed by atoms with Crippen molar-refractivity contribution in [3.8, 4) is 0 Å². The van der Waals surface area contributed by atoms with Gasteiger partial charge in [-0.2, -0.15) is 0 Å². The van der Waals surface area contributed by atoms with Crippen molar-refractivity contribution in [2.45, 2.75) is 37.5 Å². The number of sulfonamides is 1. The van der Waals surface area contributed by atoms with Crippen LogP contribution in [0.2, 0.25) is 0 Å². The fourth-order valence-corrected chi connectivity index (χ4v) is 2.90.